The van der Waals surface area contributed by atoms with Gasteiger partial charge in [-0.1, -0.05) is 5.16 Å². The minimum absolute atomic E-state index is 0.00529. The highest BCUT2D eigenvalue weighted by atomic mass is 16.6. The number of carbonyl (C=O) groups excluding carboxylic acids is 1. The van der Waals surface area contributed by atoms with Crippen molar-refractivity contribution in [3.63, 3.8) is 0 Å². The van der Waals surface area contributed by atoms with Gasteiger partial charge in [-0.05, 0) is 20.8 Å². The van der Waals surface area contributed by atoms with E-state index in [9.17, 15) is 4.79 Å². The first-order chi connectivity index (χ1) is 8.76. The van der Waals surface area contributed by atoms with E-state index in [2.05, 4.69) is 5.16 Å². The fourth-order valence-electron chi connectivity index (χ4n) is 1.76. The molecule has 1 aliphatic heterocycles. The van der Waals surface area contributed by atoms with Crippen LogP contribution in [0.15, 0.2) is 10.6 Å². The molecule has 1 amide bonds. The highest BCUT2D eigenvalue weighted by Gasteiger charge is 2.36. The summed E-state index contributed by atoms with van der Waals surface area (Å²) in [5.74, 6) is 0.0452. The van der Waals surface area contributed by atoms with E-state index in [1.807, 2.05) is 20.8 Å². The molecule has 0 aliphatic carbocycles. The summed E-state index contributed by atoms with van der Waals surface area (Å²) < 4.78 is 10.0. The topological polar surface area (TPSA) is 96.0 Å². The second-order valence-electron chi connectivity index (χ2n) is 5.61. The van der Waals surface area contributed by atoms with E-state index in [4.69, 9.17) is 19.3 Å². The third kappa shape index (κ3) is 3.27. The van der Waals surface area contributed by atoms with Gasteiger partial charge in [0.1, 0.15) is 5.60 Å². The summed E-state index contributed by atoms with van der Waals surface area (Å²) in [5, 5.41) is 21.6. The largest absolute Gasteiger partial charge is 0.529 e. The summed E-state index contributed by atoms with van der Waals surface area (Å²) in [6, 6.07) is 1.49. The number of hydrogen-bond donors (Lipinski definition) is 2. The molecule has 0 spiro atoms. The average molecular weight is 268 g/mol. The molecule has 0 saturated carbocycles. The molecular formula is C11H17BN2O5. The Morgan fingerprint density at radius 1 is 1.53 bits per heavy atom. The lowest BCUT2D eigenvalue weighted by Gasteiger charge is -2.38. The molecule has 1 aliphatic rings. The first kappa shape index (κ1) is 13.9. The maximum absolute atomic E-state index is 11.7. The zero-order valence-electron chi connectivity index (χ0n) is 11.2. The van der Waals surface area contributed by atoms with Gasteiger partial charge in [0.25, 0.3) is 0 Å². The van der Waals surface area contributed by atoms with E-state index >= 15 is 0 Å². The van der Waals surface area contributed by atoms with E-state index in [-0.39, 0.29) is 17.7 Å². The van der Waals surface area contributed by atoms with Crippen LogP contribution in [-0.2, 0) is 4.74 Å². The van der Waals surface area contributed by atoms with Gasteiger partial charge < -0.3 is 24.2 Å². The molecule has 0 unspecified atom stereocenters. The van der Waals surface area contributed by atoms with Gasteiger partial charge in [-0.3, -0.25) is 0 Å². The van der Waals surface area contributed by atoms with Crippen LogP contribution in [0.1, 0.15) is 32.4 Å². The Morgan fingerprint density at radius 3 is 2.63 bits per heavy atom. The van der Waals surface area contributed by atoms with Crippen LogP contribution in [0, 0.1) is 0 Å². The molecular weight excluding hydrogens is 251 g/mol. The quantitative estimate of drug-likeness (QED) is 0.714. The van der Waals surface area contributed by atoms with Crippen molar-refractivity contribution in [3.8, 4) is 0 Å². The van der Waals surface area contributed by atoms with Crippen molar-refractivity contribution >= 4 is 18.9 Å². The van der Waals surface area contributed by atoms with Crippen LogP contribution in [-0.4, -0.2) is 52.0 Å². The number of hydrogen-bond acceptors (Lipinski definition) is 6. The van der Waals surface area contributed by atoms with Crippen LogP contribution in [0.25, 0.3) is 0 Å². The average Bonchev–Trinajstić information content (AvgIpc) is 2.61. The lowest BCUT2D eigenvalue weighted by atomic mass is 9.86. The SMILES string of the molecule is CC(C)(C)OC(=O)N1CC(c2cc(B(O)O)on2)C1. The van der Waals surface area contributed by atoms with Crippen molar-refractivity contribution in [2.75, 3.05) is 13.1 Å². The Bertz CT molecular complexity index is 462. The van der Waals surface area contributed by atoms with Crippen molar-refractivity contribution in [1.29, 1.82) is 0 Å². The van der Waals surface area contributed by atoms with E-state index in [0.717, 1.165) is 0 Å². The molecule has 104 valence electrons. The summed E-state index contributed by atoms with van der Waals surface area (Å²) >= 11 is 0. The van der Waals surface area contributed by atoms with Gasteiger partial charge in [-0.25, -0.2) is 4.79 Å². The number of likely N-dealkylation sites (tertiary alicyclic amines) is 1. The molecule has 8 heteroatoms. The zero-order valence-corrected chi connectivity index (χ0v) is 11.2. The Labute approximate surface area is 111 Å². The second-order valence-corrected chi connectivity index (χ2v) is 5.61. The summed E-state index contributed by atoms with van der Waals surface area (Å²) in [5.41, 5.74) is 0.109. The molecule has 2 heterocycles. The van der Waals surface area contributed by atoms with Crippen molar-refractivity contribution < 1.29 is 24.1 Å². The molecule has 0 radical (unpaired) electrons. The van der Waals surface area contributed by atoms with Gasteiger partial charge in [0, 0.05) is 25.1 Å². The Hall–Kier alpha value is -1.54. The Kier molecular flexibility index (Phi) is 3.55. The lowest BCUT2D eigenvalue weighted by molar-refractivity contribution is 0.00764. The smallest absolute Gasteiger partial charge is 0.444 e. The number of aromatic nitrogens is 1. The fourth-order valence-corrected chi connectivity index (χ4v) is 1.76. The van der Waals surface area contributed by atoms with Crippen molar-refractivity contribution in [2.24, 2.45) is 0 Å². The number of rotatable bonds is 2. The predicted molar refractivity (Wildman–Crippen MR) is 66.9 cm³/mol. The van der Waals surface area contributed by atoms with E-state index < -0.39 is 12.7 Å². The van der Waals surface area contributed by atoms with Crippen LogP contribution in [0.4, 0.5) is 4.79 Å². The van der Waals surface area contributed by atoms with Crippen LogP contribution in [0.5, 0.6) is 0 Å². The minimum Gasteiger partial charge on any atom is -0.444 e. The lowest BCUT2D eigenvalue weighted by Crippen LogP contribution is -2.50. The molecule has 0 bridgehead atoms. The van der Waals surface area contributed by atoms with Gasteiger partial charge in [0.05, 0.1) is 5.69 Å². The molecule has 7 nitrogen and oxygen atoms in total. The molecule has 2 N–H and O–H groups in total. The van der Waals surface area contributed by atoms with E-state index in [1.54, 1.807) is 4.90 Å². The summed E-state index contributed by atoms with van der Waals surface area (Å²) in [6.45, 7) is 6.42. The van der Waals surface area contributed by atoms with Crippen LogP contribution >= 0.6 is 0 Å². The van der Waals surface area contributed by atoms with Crippen molar-refractivity contribution in [1.82, 2.24) is 10.1 Å². The number of nitrogens with zero attached hydrogens (tertiary/aromatic N) is 2. The summed E-state index contributed by atoms with van der Waals surface area (Å²) in [4.78, 5) is 13.3. The molecule has 1 aromatic rings. The number of carbonyl (C=O) groups is 1. The highest BCUT2D eigenvalue weighted by molar-refractivity contribution is 6.56. The fraction of sp³-hybridized carbons (Fsp3) is 0.636. The van der Waals surface area contributed by atoms with E-state index in [1.165, 1.54) is 6.07 Å². The molecule has 2 rings (SSSR count). The third-order valence-corrected chi connectivity index (χ3v) is 2.75. The van der Waals surface area contributed by atoms with Crippen LogP contribution < -0.4 is 5.66 Å². The Balaban J connectivity index is 1.87. The molecule has 19 heavy (non-hydrogen) atoms. The molecule has 1 aromatic heterocycles. The Morgan fingerprint density at radius 2 is 2.16 bits per heavy atom. The van der Waals surface area contributed by atoms with Crippen LogP contribution in [0.3, 0.4) is 0 Å². The van der Waals surface area contributed by atoms with E-state index in [0.29, 0.717) is 18.8 Å². The van der Waals surface area contributed by atoms with Crippen molar-refractivity contribution in [3.05, 3.63) is 11.8 Å². The van der Waals surface area contributed by atoms with Gasteiger partial charge >= 0.3 is 13.2 Å². The maximum atomic E-state index is 11.7. The predicted octanol–water partition coefficient (Wildman–Crippen LogP) is -0.311. The molecule has 1 fully saturated rings. The molecule has 1 saturated heterocycles. The summed E-state index contributed by atoms with van der Waals surface area (Å²) in [7, 11) is -1.66. The first-order valence-electron chi connectivity index (χ1n) is 6.07. The highest BCUT2D eigenvalue weighted by Crippen LogP contribution is 2.26. The first-order valence-corrected chi connectivity index (χ1v) is 6.07. The zero-order chi connectivity index (χ0) is 14.2. The monoisotopic (exact) mass is 268 g/mol. The maximum Gasteiger partial charge on any atom is 0.529 e. The number of amides is 1. The van der Waals surface area contributed by atoms with Gasteiger partial charge in [0.15, 0.2) is 5.66 Å². The van der Waals surface area contributed by atoms with Crippen molar-refractivity contribution in [2.45, 2.75) is 32.3 Å². The number of ether oxygens (including phenoxy) is 1. The molecule has 0 atom stereocenters. The summed E-state index contributed by atoms with van der Waals surface area (Å²) in [6.07, 6.45) is -0.352. The third-order valence-electron chi connectivity index (χ3n) is 2.75. The van der Waals surface area contributed by atoms with Gasteiger partial charge in [-0.15, -0.1) is 0 Å². The molecule has 0 aromatic carbocycles. The normalized spacial score (nSPS) is 16.2. The van der Waals surface area contributed by atoms with Crippen LogP contribution in [0.2, 0.25) is 0 Å². The van der Waals surface area contributed by atoms with Gasteiger partial charge in [0.2, 0.25) is 0 Å². The van der Waals surface area contributed by atoms with Gasteiger partial charge in [-0.2, -0.15) is 0 Å². The minimum atomic E-state index is -1.66. The standard InChI is InChI=1S/C11H17BN2O5/c1-11(2,3)18-10(15)14-5-7(6-14)8-4-9(12(16)17)19-13-8/h4,7,16-17H,5-6H2,1-3H3. The second kappa shape index (κ2) is 4.86.